The maximum atomic E-state index is 12.4. The Morgan fingerprint density at radius 2 is 1.86 bits per heavy atom. The lowest BCUT2D eigenvalue weighted by Gasteiger charge is -2.27. The summed E-state index contributed by atoms with van der Waals surface area (Å²) in [6, 6.07) is 3.56. The molecule has 4 N–H and O–H groups in total. The van der Waals surface area contributed by atoms with Gasteiger partial charge in [-0.05, 0) is 24.6 Å². The van der Waals surface area contributed by atoms with Gasteiger partial charge in [0.05, 0.1) is 11.1 Å². The molecular weight excluding hydrogens is 276 g/mol. The number of carbonyl (C=O) groups excluding carboxylic acids is 4. The van der Waals surface area contributed by atoms with Crippen LogP contribution in [0.15, 0.2) is 18.2 Å². The lowest BCUT2D eigenvalue weighted by atomic mass is 10.0. The van der Waals surface area contributed by atoms with Gasteiger partial charge in [0, 0.05) is 12.1 Å². The molecule has 1 fully saturated rings. The molecule has 0 spiro atoms. The molecule has 0 aliphatic carbocycles. The summed E-state index contributed by atoms with van der Waals surface area (Å²) in [7, 11) is 0. The number of hydrogen-bond donors (Lipinski definition) is 3. The highest BCUT2D eigenvalue weighted by Crippen LogP contribution is 2.29. The molecule has 8 heteroatoms. The number of nitrogens with two attached hydrogens (primary N) is 1. The van der Waals surface area contributed by atoms with Crippen LogP contribution in [0.4, 0.5) is 5.69 Å². The van der Waals surface area contributed by atoms with E-state index in [-0.39, 0.29) is 24.0 Å². The fraction of sp³-hybridized carbons (Fsp3) is 0.231. The summed E-state index contributed by atoms with van der Waals surface area (Å²) in [6.07, 6.45) is 0.234. The molecule has 21 heavy (non-hydrogen) atoms. The lowest BCUT2D eigenvalue weighted by molar-refractivity contribution is -0.136. The van der Waals surface area contributed by atoms with E-state index in [1.165, 1.54) is 12.1 Å². The van der Waals surface area contributed by atoms with Crippen molar-refractivity contribution < 1.29 is 19.2 Å². The van der Waals surface area contributed by atoms with E-state index in [1.54, 1.807) is 6.07 Å². The van der Waals surface area contributed by atoms with Gasteiger partial charge in [-0.2, -0.15) is 0 Å². The van der Waals surface area contributed by atoms with Gasteiger partial charge in [-0.3, -0.25) is 35.2 Å². The van der Waals surface area contributed by atoms with Crippen LogP contribution in [0.1, 0.15) is 33.6 Å². The fourth-order valence-corrected chi connectivity index (χ4v) is 2.56. The zero-order chi connectivity index (χ0) is 15.1. The van der Waals surface area contributed by atoms with Crippen molar-refractivity contribution in [1.29, 1.82) is 0 Å². The Balaban J connectivity index is 1.96. The maximum Gasteiger partial charge on any atom is 0.262 e. The predicted octanol–water partition coefficient (Wildman–Crippen LogP) is -0.627. The van der Waals surface area contributed by atoms with E-state index in [1.807, 2.05) is 0 Å². The van der Waals surface area contributed by atoms with Crippen molar-refractivity contribution in [3.05, 3.63) is 29.3 Å². The number of piperidine rings is 1. The van der Waals surface area contributed by atoms with Crippen LogP contribution in [-0.4, -0.2) is 34.6 Å². The van der Waals surface area contributed by atoms with E-state index < -0.39 is 29.7 Å². The van der Waals surface area contributed by atoms with E-state index in [9.17, 15) is 19.2 Å². The number of benzene rings is 1. The number of imide groups is 2. The normalized spacial score (nSPS) is 21.4. The molecule has 0 radical (unpaired) electrons. The molecule has 1 saturated heterocycles. The Hall–Kier alpha value is -2.74. The molecule has 1 aromatic rings. The standard InChI is InChI=1S/C13H12N4O4/c14-16-6-1-2-7-8(5-6)13(21)17(12(7)20)9-3-4-10(18)15-11(9)19/h1-2,5,9,16H,3-4,14H2,(H,15,18,19). The highest BCUT2D eigenvalue weighted by atomic mass is 16.2. The summed E-state index contributed by atoms with van der Waals surface area (Å²) < 4.78 is 0. The number of fused-ring (bicyclic) bond motifs is 1. The van der Waals surface area contributed by atoms with Gasteiger partial charge in [-0.15, -0.1) is 0 Å². The first kappa shape index (κ1) is 13.3. The molecule has 2 heterocycles. The summed E-state index contributed by atoms with van der Waals surface area (Å²) in [6.45, 7) is 0. The molecule has 1 atom stereocenters. The van der Waals surface area contributed by atoms with Crippen molar-refractivity contribution >= 4 is 29.3 Å². The van der Waals surface area contributed by atoms with Crippen molar-refractivity contribution in [2.45, 2.75) is 18.9 Å². The molecular formula is C13H12N4O4. The Bertz CT molecular complexity index is 685. The number of anilines is 1. The van der Waals surface area contributed by atoms with E-state index in [0.717, 1.165) is 4.90 Å². The summed E-state index contributed by atoms with van der Waals surface area (Å²) in [5.41, 5.74) is 3.30. The molecule has 2 aliphatic rings. The average Bonchev–Trinajstić information content (AvgIpc) is 2.71. The third-order valence-corrected chi connectivity index (χ3v) is 3.61. The van der Waals surface area contributed by atoms with E-state index >= 15 is 0 Å². The zero-order valence-electron chi connectivity index (χ0n) is 10.9. The minimum Gasteiger partial charge on any atom is -0.324 e. The number of hydrogen-bond acceptors (Lipinski definition) is 6. The minimum atomic E-state index is -0.954. The monoisotopic (exact) mass is 288 g/mol. The minimum absolute atomic E-state index is 0.0966. The first-order valence-electron chi connectivity index (χ1n) is 6.35. The van der Waals surface area contributed by atoms with Crippen molar-refractivity contribution in [1.82, 2.24) is 10.2 Å². The zero-order valence-corrected chi connectivity index (χ0v) is 10.9. The molecule has 2 aliphatic heterocycles. The second kappa shape index (κ2) is 4.67. The molecule has 108 valence electrons. The van der Waals surface area contributed by atoms with Gasteiger partial charge < -0.3 is 5.43 Å². The number of carbonyl (C=O) groups is 4. The summed E-state index contributed by atoms with van der Waals surface area (Å²) in [4.78, 5) is 48.6. The average molecular weight is 288 g/mol. The van der Waals surface area contributed by atoms with Gasteiger partial charge in [0.2, 0.25) is 11.8 Å². The number of amides is 4. The van der Waals surface area contributed by atoms with Gasteiger partial charge >= 0.3 is 0 Å². The van der Waals surface area contributed by atoms with Crippen LogP contribution in [0.5, 0.6) is 0 Å². The molecule has 1 aromatic carbocycles. The molecule has 4 amide bonds. The smallest absolute Gasteiger partial charge is 0.262 e. The fourth-order valence-electron chi connectivity index (χ4n) is 2.56. The topological polar surface area (TPSA) is 122 Å². The number of rotatable bonds is 2. The highest BCUT2D eigenvalue weighted by Gasteiger charge is 2.44. The number of hydrazine groups is 1. The molecule has 0 aromatic heterocycles. The van der Waals surface area contributed by atoms with Crippen LogP contribution in [0.2, 0.25) is 0 Å². The van der Waals surface area contributed by atoms with Gasteiger partial charge in [-0.25, -0.2) is 0 Å². The van der Waals surface area contributed by atoms with Crippen LogP contribution < -0.4 is 16.6 Å². The Morgan fingerprint density at radius 3 is 2.52 bits per heavy atom. The maximum absolute atomic E-state index is 12.4. The summed E-state index contributed by atoms with van der Waals surface area (Å²) >= 11 is 0. The Morgan fingerprint density at radius 1 is 1.14 bits per heavy atom. The SMILES string of the molecule is NNc1ccc2c(c1)C(=O)N(C1CCC(=O)NC1=O)C2=O. The van der Waals surface area contributed by atoms with E-state index in [4.69, 9.17) is 5.84 Å². The quantitative estimate of drug-likeness (QED) is 0.378. The van der Waals surface area contributed by atoms with Crippen LogP contribution >= 0.6 is 0 Å². The van der Waals surface area contributed by atoms with E-state index in [0.29, 0.717) is 5.69 Å². The predicted molar refractivity (Wildman–Crippen MR) is 70.9 cm³/mol. The van der Waals surface area contributed by atoms with Crippen LogP contribution in [-0.2, 0) is 9.59 Å². The third-order valence-electron chi connectivity index (χ3n) is 3.61. The van der Waals surface area contributed by atoms with Crippen LogP contribution in [0.25, 0.3) is 0 Å². The van der Waals surface area contributed by atoms with Crippen LogP contribution in [0, 0.1) is 0 Å². The summed E-state index contributed by atoms with van der Waals surface area (Å²) in [5.74, 6) is 3.16. The van der Waals surface area contributed by atoms with Gasteiger partial charge in [-0.1, -0.05) is 0 Å². The van der Waals surface area contributed by atoms with Crippen molar-refractivity contribution in [2.75, 3.05) is 5.43 Å². The van der Waals surface area contributed by atoms with Gasteiger partial charge in [0.15, 0.2) is 0 Å². The Kier molecular flexibility index (Phi) is 2.95. The molecule has 3 rings (SSSR count). The van der Waals surface area contributed by atoms with Crippen molar-refractivity contribution in [2.24, 2.45) is 5.84 Å². The molecule has 0 saturated carbocycles. The van der Waals surface area contributed by atoms with Crippen LogP contribution in [0.3, 0.4) is 0 Å². The molecule has 1 unspecified atom stereocenters. The Labute approximate surface area is 119 Å². The third kappa shape index (κ3) is 1.96. The number of nitrogen functional groups attached to an aromatic ring is 1. The second-order valence-electron chi connectivity index (χ2n) is 4.85. The lowest BCUT2D eigenvalue weighted by Crippen LogP contribution is -2.54. The van der Waals surface area contributed by atoms with Crippen molar-refractivity contribution in [3.63, 3.8) is 0 Å². The van der Waals surface area contributed by atoms with Gasteiger partial charge in [0.1, 0.15) is 6.04 Å². The molecule has 8 nitrogen and oxygen atoms in total. The number of nitrogens with zero attached hydrogens (tertiary/aromatic N) is 1. The largest absolute Gasteiger partial charge is 0.324 e. The molecule has 0 bridgehead atoms. The van der Waals surface area contributed by atoms with Crippen molar-refractivity contribution in [3.8, 4) is 0 Å². The number of nitrogens with one attached hydrogen (secondary N) is 2. The van der Waals surface area contributed by atoms with Gasteiger partial charge in [0.25, 0.3) is 11.8 Å². The van der Waals surface area contributed by atoms with E-state index in [2.05, 4.69) is 10.7 Å². The first-order valence-corrected chi connectivity index (χ1v) is 6.35. The highest BCUT2D eigenvalue weighted by molar-refractivity contribution is 6.23. The first-order chi connectivity index (χ1) is 10.0. The summed E-state index contributed by atoms with van der Waals surface area (Å²) in [5, 5.41) is 2.14. The second-order valence-corrected chi connectivity index (χ2v) is 4.85.